The molecule has 0 radical (unpaired) electrons. The summed E-state index contributed by atoms with van der Waals surface area (Å²) >= 11 is 0. The van der Waals surface area contributed by atoms with Crippen molar-refractivity contribution in [3.05, 3.63) is 48.0 Å². The van der Waals surface area contributed by atoms with E-state index in [0.717, 1.165) is 18.4 Å². The Balaban J connectivity index is 1.89. The predicted molar refractivity (Wildman–Crippen MR) is 71.2 cm³/mol. The summed E-state index contributed by atoms with van der Waals surface area (Å²) in [5.41, 5.74) is 1.02. The van der Waals surface area contributed by atoms with E-state index in [4.69, 9.17) is 4.74 Å². The van der Waals surface area contributed by atoms with Crippen molar-refractivity contribution >= 4 is 6.09 Å². The summed E-state index contributed by atoms with van der Waals surface area (Å²) in [7, 11) is 0. The molecule has 0 N–H and O–H groups in total. The largest absolute Gasteiger partial charge is 0.445 e. The number of allylic oxidation sites excluding steroid dienone is 1. The van der Waals surface area contributed by atoms with Gasteiger partial charge in [-0.2, -0.15) is 0 Å². The van der Waals surface area contributed by atoms with Gasteiger partial charge in [0.2, 0.25) is 0 Å². The van der Waals surface area contributed by atoms with Crippen LogP contribution in [0, 0.1) is 0 Å². The summed E-state index contributed by atoms with van der Waals surface area (Å²) in [4.78, 5) is 13.8. The molecule has 96 valence electrons. The fourth-order valence-electron chi connectivity index (χ4n) is 2.04. The molecule has 0 aliphatic carbocycles. The van der Waals surface area contributed by atoms with Gasteiger partial charge in [0.05, 0.1) is 0 Å². The van der Waals surface area contributed by atoms with Crippen LogP contribution in [0.3, 0.4) is 0 Å². The Labute approximate surface area is 108 Å². The summed E-state index contributed by atoms with van der Waals surface area (Å²) in [6, 6.07) is 10.00. The number of nitrogens with zero attached hydrogens (tertiary/aromatic N) is 1. The predicted octanol–water partition coefficient (Wildman–Crippen LogP) is 3.36. The van der Waals surface area contributed by atoms with E-state index >= 15 is 0 Å². The SMILES string of the molecule is CC1CCC=CCN1C(=O)OCc1ccccc1. The van der Waals surface area contributed by atoms with Crippen LogP contribution in [0.25, 0.3) is 0 Å². The molecule has 3 heteroatoms. The monoisotopic (exact) mass is 245 g/mol. The summed E-state index contributed by atoms with van der Waals surface area (Å²) in [5, 5.41) is 0. The first-order valence-electron chi connectivity index (χ1n) is 6.39. The minimum absolute atomic E-state index is 0.224. The molecule has 1 unspecified atom stereocenters. The van der Waals surface area contributed by atoms with Crippen LogP contribution in [0.4, 0.5) is 4.79 Å². The van der Waals surface area contributed by atoms with Gasteiger partial charge in [-0.3, -0.25) is 0 Å². The molecule has 0 bridgehead atoms. The van der Waals surface area contributed by atoms with Gasteiger partial charge in [0.1, 0.15) is 6.61 Å². The first-order valence-corrected chi connectivity index (χ1v) is 6.39. The Morgan fingerprint density at radius 3 is 2.89 bits per heavy atom. The zero-order chi connectivity index (χ0) is 12.8. The van der Waals surface area contributed by atoms with Crippen LogP contribution in [0.2, 0.25) is 0 Å². The van der Waals surface area contributed by atoms with Crippen molar-refractivity contribution < 1.29 is 9.53 Å². The van der Waals surface area contributed by atoms with Crippen LogP contribution in [-0.4, -0.2) is 23.6 Å². The minimum atomic E-state index is -0.224. The van der Waals surface area contributed by atoms with Crippen molar-refractivity contribution in [1.29, 1.82) is 0 Å². The highest BCUT2D eigenvalue weighted by Crippen LogP contribution is 2.13. The van der Waals surface area contributed by atoms with Crippen molar-refractivity contribution in [3.63, 3.8) is 0 Å². The minimum Gasteiger partial charge on any atom is -0.445 e. The highest BCUT2D eigenvalue weighted by Gasteiger charge is 2.21. The summed E-state index contributed by atoms with van der Waals surface area (Å²) in [6.07, 6.45) is 5.97. The maximum Gasteiger partial charge on any atom is 0.410 e. The molecule has 0 spiro atoms. The second kappa shape index (κ2) is 6.24. The Hall–Kier alpha value is -1.77. The topological polar surface area (TPSA) is 29.5 Å². The second-order valence-electron chi connectivity index (χ2n) is 4.59. The van der Waals surface area contributed by atoms with Crippen LogP contribution in [-0.2, 0) is 11.3 Å². The van der Waals surface area contributed by atoms with Gasteiger partial charge in [0.15, 0.2) is 0 Å². The zero-order valence-corrected chi connectivity index (χ0v) is 10.7. The van der Waals surface area contributed by atoms with E-state index in [2.05, 4.69) is 13.0 Å². The normalized spacial score (nSPS) is 19.4. The van der Waals surface area contributed by atoms with Crippen LogP contribution >= 0.6 is 0 Å². The second-order valence-corrected chi connectivity index (χ2v) is 4.59. The highest BCUT2D eigenvalue weighted by atomic mass is 16.6. The summed E-state index contributed by atoms with van der Waals surface area (Å²) in [5.74, 6) is 0. The standard InChI is InChI=1S/C15H19NO2/c1-13-8-4-3-7-11-16(13)15(17)18-12-14-9-5-2-6-10-14/h2-3,5-7,9-10,13H,4,8,11-12H2,1H3. The van der Waals surface area contributed by atoms with Gasteiger partial charge in [-0.15, -0.1) is 0 Å². The Kier molecular flexibility index (Phi) is 4.40. The molecule has 0 saturated heterocycles. The van der Waals surface area contributed by atoms with E-state index in [1.54, 1.807) is 4.90 Å². The smallest absolute Gasteiger partial charge is 0.410 e. The molecule has 1 aliphatic heterocycles. The van der Waals surface area contributed by atoms with Crippen LogP contribution in [0.15, 0.2) is 42.5 Å². The molecule has 1 aromatic rings. The number of carbonyl (C=O) groups excluding carboxylic acids is 1. The average molecular weight is 245 g/mol. The number of rotatable bonds is 2. The van der Waals surface area contributed by atoms with Gasteiger partial charge >= 0.3 is 6.09 Å². The fourth-order valence-corrected chi connectivity index (χ4v) is 2.04. The van der Waals surface area contributed by atoms with Crippen LogP contribution in [0.5, 0.6) is 0 Å². The van der Waals surface area contributed by atoms with E-state index in [1.807, 2.05) is 36.4 Å². The molecular formula is C15H19NO2. The highest BCUT2D eigenvalue weighted by molar-refractivity contribution is 5.68. The Morgan fingerprint density at radius 1 is 1.33 bits per heavy atom. The molecule has 1 amide bonds. The number of hydrogen-bond acceptors (Lipinski definition) is 2. The maximum atomic E-state index is 12.0. The lowest BCUT2D eigenvalue weighted by Gasteiger charge is -2.25. The number of ether oxygens (including phenoxy) is 1. The molecule has 1 aromatic carbocycles. The fraction of sp³-hybridized carbons (Fsp3) is 0.400. The van der Waals surface area contributed by atoms with Crippen molar-refractivity contribution in [2.75, 3.05) is 6.54 Å². The molecule has 3 nitrogen and oxygen atoms in total. The van der Waals surface area contributed by atoms with E-state index in [0.29, 0.717) is 13.2 Å². The van der Waals surface area contributed by atoms with Crippen molar-refractivity contribution in [2.24, 2.45) is 0 Å². The van der Waals surface area contributed by atoms with E-state index < -0.39 is 0 Å². The first kappa shape index (κ1) is 12.7. The zero-order valence-electron chi connectivity index (χ0n) is 10.7. The van der Waals surface area contributed by atoms with E-state index in [9.17, 15) is 4.79 Å². The lowest BCUT2D eigenvalue weighted by molar-refractivity contribution is 0.0874. The van der Waals surface area contributed by atoms with Crippen molar-refractivity contribution in [1.82, 2.24) is 4.90 Å². The molecule has 0 saturated carbocycles. The maximum absolute atomic E-state index is 12.0. The third-order valence-corrected chi connectivity index (χ3v) is 3.19. The third-order valence-electron chi connectivity index (χ3n) is 3.19. The van der Waals surface area contributed by atoms with Gasteiger partial charge in [0, 0.05) is 12.6 Å². The van der Waals surface area contributed by atoms with Crippen molar-refractivity contribution in [3.8, 4) is 0 Å². The van der Waals surface area contributed by atoms with Gasteiger partial charge < -0.3 is 9.64 Å². The number of benzene rings is 1. The average Bonchev–Trinajstić information content (AvgIpc) is 2.62. The number of carbonyl (C=O) groups is 1. The molecule has 1 atom stereocenters. The first-order chi connectivity index (χ1) is 8.77. The molecule has 18 heavy (non-hydrogen) atoms. The quantitative estimate of drug-likeness (QED) is 0.748. The molecule has 2 rings (SSSR count). The lowest BCUT2D eigenvalue weighted by Crippen LogP contribution is -2.38. The molecular weight excluding hydrogens is 226 g/mol. The van der Waals surface area contributed by atoms with Crippen LogP contribution in [0.1, 0.15) is 25.3 Å². The Bertz CT molecular complexity index is 414. The van der Waals surface area contributed by atoms with E-state index in [-0.39, 0.29) is 12.1 Å². The van der Waals surface area contributed by atoms with Crippen molar-refractivity contribution in [2.45, 2.75) is 32.4 Å². The number of amides is 1. The molecule has 0 aromatic heterocycles. The van der Waals surface area contributed by atoms with Gasteiger partial charge in [-0.05, 0) is 25.3 Å². The van der Waals surface area contributed by atoms with Gasteiger partial charge in [0.25, 0.3) is 0 Å². The van der Waals surface area contributed by atoms with Crippen LogP contribution < -0.4 is 0 Å². The lowest BCUT2D eigenvalue weighted by atomic mass is 10.2. The molecule has 0 fully saturated rings. The number of hydrogen-bond donors (Lipinski definition) is 0. The third kappa shape index (κ3) is 3.36. The van der Waals surface area contributed by atoms with E-state index in [1.165, 1.54) is 0 Å². The summed E-state index contributed by atoms with van der Waals surface area (Å²) < 4.78 is 5.35. The summed E-state index contributed by atoms with van der Waals surface area (Å²) in [6.45, 7) is 3.05. The van der Waals surface area contributed by atoms with Gasteiger partial charge in [-0.25, -0.2) is 4.79 Å². The Morgan fingerprint density at radius 2 is 2.11 bits per heavy atom. The molecule has 1 heterocycles. The van der Waals surface area contributed by atoms with Gasteiger partial charge in [-0.1, -0.05) is 42.5 Å². The molecule has 1 aliphatic rings.